The van der Waals surface area contributed by atoms with E-state index < -0.39 is 0 Å². The number of rotatable bonds is 4. The highest BCUT2D eigenvalue weighted by molar-refractivity contribution is 7.71. The average Bonchev–Trinajstić information content (AvgIpc) is 2.36. The average molecular weight is 329 g/mol. The van der Waals surface area contributed by atoms with Crippen LogP contribution in [0.1, 0.15) is 30.2 Å². The molecule has 0 radical (unpaired) electrons. The molecule has 0 aliphatic rings. The number of H-pyrrole nitrogens is 2. The predicted octanol–water partition coefficient (Wildman–Crippen LogP) is 4.28. The lowest BCUT2D eigenvalue weighted by Gasteiger charge is -2.10. The maximum atomic E-state index is 12.1. The van der Waals surface area contributed by atoms with Gasteiger partial charge < -0.3 is 4.98 Å². The maximum absolute atomic E-state index is 12.1. The van der Waals surface area contributed by atoms with Gasteiger partial charge in [-0.1, -0.05) is 42.6 Å². The number of aryl methyl sites for hydroxylation is 1. The second-order valence-corrected chi connectivity index (χ2v) is 5.71. The second-order valence-electron chi connectivity index (χ2n) is 4.49. The minimum atomic E-state index is -0.187. The number of aromatic amines is 2. The van der Waals surface area contributed by atoms with Crippen LogP contribution in [0.3, 0.4) is 0 Å². The number of nitrogens with one attached hydrogen (secondary N) is 2. The van der Waals surface area contributed by atoms with E-state index in [9.17, 15) is 4.79 Å². The molecule has 2 rings (SSSR count). The first-order valence-corrected chi connectivity index (χ1v) is 7.46. The van der Waals surface area contributed by atoms with Crippen LogP contribution in [0.4, 0.5) is 0 Å². The molecule has 0 spiro atoms. The Morgan fingerprint density at radius 1 is 1.15 bits per heavy atom. The molecule has 0 fully saturated rings. The van der Waals surface area contributed by atoms with Crippen molar-refractivity contribution < 1.29 is 0 Å². The van der Waals surface area contributed by atoms with Crippen LogP contribution in [-0.2, 0) is 12.8 Å². The zero-order valence-corrected chi connectivity index (χ0v) is 13.3. The van der Waals surface area contributed by atoms with Gasteiger partial charge in [0.1, 0.15) is 0 Å². The summed E-state index contributed by atoms with van der Waals surface area (Å²) < 4.78 is 0.340. The van der Waals surface area contributed by atoms with E-state index >= 15 is 0 Å². The van der Waals surface area contributed by atoms with E-state index in [1.54, 1.807) is 18.2 Å². The highest BCUT2D eigenvalue weighted by Crippen LogP contribution is 2.26. The molecule has 3 nitrogen and oxygen atoms in total. The van der Waals surface area contributed by atoms with Crippen LogP contribution in [0.2, 0.25) is 10.0 Å². The van der Waals surface area contributed by atoms with Crippen LogP contribution in [0.5, 0.6) is 0 Å². The van der Waals surface area contributed by atoms with Gasteiger partial charge in [-0.15, -0.1) is 0 Å². The van der Waals surface area contributed by atoms with Gasteiger partial charge in [-0.2, -0.15) is 0 Å². The smallest absolute Gasteiger partial charge is 0.255 e. The van der Waals surface area contributed by atoms with Crippen molar-refractivity contribution in [1.82, 2.24) is 9.97 Å². The Morgan fingerprint density at radius 2 is 1.80 bits per heavy atom. The van der Waals surface area contributed by atoms with Gasteiger partial charge in [-0.05, 0) is 36.3 Å². The molecule has 0 amide bonds. The Morgan fingerprint density at radius 3 is 2.40 bits per heavy atom. The SMILES string of the molecule is CCCc1[nH]c(=S)[nH]c(=O)c1Cc1c(Cl)cccc1Cl. The van der Waals surface area contributed by atoms with Crippen LogP contribution < -0.4 is 5.56 Å². The fourth-order valence-electron chi connectivity index (χ4n) is 2.09. The fraction of sp³-hybridized carbons (Fsp3) is 0.286. The third-order valence-corrected chi connectivity index (χ3v) is 3.96. The van der Waals surface area contributed by atoms with Gasteiger partial charge >= 0.3 is 0 Å². The largest absolute Gasteiger partial charge is 0.336 e. The third kappa shape index (κ3) is 3.32. The molecule has 106 valence electrons. The molecule has 0 bridgehead atoms. The molecule has 2 N–H and O–H groups in total. The van der Waals surface area contributed by atoms with Crippen LogP contribution in [0, 0.1) is 4.77 Å². The van der Waals surface area contributed by atoms with Gasteiger partial charge in [0.05, 0.1) is 0 Å². The summed E-state index contributed by atoms with van der Waals surface area (Å²) in [4.78, 5) is 17.8. The number of halogens is 2. The summed E-state index contributed by atoms with van der Waals surface area (Å²) in [5.41, 5.74) is 2.05. The van der Waals surface area contributed by atoms with Crippen molar-refractivity contribution in [3.63, 3.8) is 0 Å². The monoisotopic (exact) mass is 328 g/mol. The zero-order chi connectivity index (χ0) is 14.7. The normalized spacial score (nSPS) is 10.8. The molecule has 2 aromatic rings. The highest BCUT2D eigenvalue weighted by Gasteiger charge is 2.13. The molecule has 1 aromatic carbocycles. The van der Waals surface area contributed by atoms with Crippen LogP contribution in [-0.4, -0.2) is 9.97 Å². The molecule has 6 heteroatoms. The van der Waals surface area contributed by atoms with Gasteiger partial charge in [0, 0.05) is 27.7 Å². The standard InChI is InChI=1S/C14H14Cl2N2OS/c1-2-4-12-9(13(19)18-14(20)17-12)7-8-10(15)5-3-6-11(8)16/h3,5-6H,2,4,7H2,1H3,(H2,17,18,19,20). The Balaban J connectivity index is 2.53. The number of benzene rings is 1. The van der Waals surface area contributed by atoms with E-state index in [2.05, 4.69) is 9.97 Å². The van der Waals surface area contributed by atoms with Gasteiger partial charge in [-0.3, -0.25) is 9.78 Å². The quantitative estimate of drug-likeness (QED) is 0.823. The van der Waals surface area contributed by atoms with Crippen LogP contribution in [0.25, 0.3) is 0 Å². The summed E-state index contributed by atoms with van der Waals surface area (Å²) in [6.07, 6.45) is 2.05. The maximum Gasteiger partial charge on any atom is 0.255 e. The topological polar surface area (TPSA) is 48.6 Å². The first-order valence-electron chi connectivity index (χ1n) is 6.30. The molecule has 0 saturated heterocycles. The van der Waals surface area contributed by atoms with Crippen molar-refractivity contribution in [2.75, 3.05) is 0 Å². The molecular formula is C14H14Cl2N2OS. The number of hydrogen-bond acceptors (Lipinski definition) is 2. The lowest BCUT2D eigenvalue weighted by molar-refractivity contribution is 0.833. The number of aromatic nitrogens is 2. The van der Waals surface area contributed by atoms with Crippen LogP contribution in [0.15, 0.2) is 23.0 Å². The summed E-state index contributed by atoms with van der Waals surface area (Å²) in [5, 5.41) is 1.11. The molecule has 1 heterocycles. The van der Waals surface area contributed by atoms with Gasteiger partial charge in [0.25, 0.3) is 5.56 Å². The van der Waals surface area contributed by atoms with Crippen molar-refractivity contribution in [1.29, 1.82) is 0 Å². The van der Waals surface area contributed by atoms with Crippen LogP contribution >= 0.6 is 35.4 Å². The van der Waals surface area contributed by atoms with E-state index in [1.807, 2.05) is 6.92 Å². The summed E-state index contributed by atoms with van der Waals surface area (Å²) in [7, 11) is 0. The molecule has 0 atom stereocenters. The lowest BCUT2D eigenvalue weighted by atomic mass is 10.0. The Kier molecular flexibility index (Phi) is 5.02. The molecule has 0 aliphatic heterocycles. The van der Waals surface area contributed by atoms with Crippen molar-refractivity contribution in [2.24, 2.45) is 0 Å². The molecular weight excluding hydrogens is 315 g/mol. The lowest BCUT2D eigenvalue weighted by Crippen LogP contribution is -2.18. The van der Waals surface area contributed by atoms with Crippen molar-refractivity contribution in [3.05, 3.63) is 60.2 Å². The van der Waals surface area contributed by atoms with Gasteiger partial charge in [-0.25, -0.2) is 0 Å². The third-order valence-electron chi connectivity index (χ3n) is 3.05. The highest BCUT2D eigenvalue weighted by atomic mass is 35.5. The Hall–Kier alpha value is -1.10. The molecule has 0 aliphatic carbocycles. The number of hydrogen-bond donors (Lipinski definition) is 2. The van der Waals surface area contributed by atoms with E-state index in [1.165, 1.54) is 0 Å². The minimum Gasteiger partial charge on any atom is -0.336 e. The summed E-state index contributed by atoms with van der Waals surface area (Å²) >= 11 is 17.3. The Bertz CT molecular complexity index is 716. The first-order chi connectivity index (χ1) is 9.52. The second kappa shape index (κ2) is 6.57. The van der Waals surface area contributed by atoms with E-state index in [0.29, 0.717) is 26.8 Å². The first kappa shape index (κ1) is 15.3. The van der Waals surface area contributed by atoms with E-state index in [-0.39, 0.29) is 5.56 Å². The summed E-state index contributed by atoms with van der Waals surface area (Å²) in [6.45, 7) is 2.05. The minimum absolute atomic E-state index is 0.187. The van der Waals surface area contributed by atoms with Crippen molar-refractivity contribution >= 4 is 35.4 Å². The summed E-state index contributed by atoms with van der Waals surface area (Å²) in [6, 6.07) is 5.31. The predicted molar refractivity (Wildman–Crippen MR) is 85.5 cm³/mol. The molecule has 0 saturated carbocycles. The summed E-state index contributed by atoms with van der Waals surface area (Å²) in [5.74, 6) is 0. The fourth-order valence-corrected chi connectivity index (χ4v) is 2.83. The van der Waals surface area contributed by atoms with E-state index in [0.717, 1.165) is 24.1 Å². The van der Waals surface area contributed by atoms with E-state index in [4.69, 9.17) is 35.4 Å². The van der Waals surface area contributed by atoms with Gasteiger partial charge in [0.15, 0.2) is 4.77 Å². The zero-order valence-electron chi connectivity index (χ0n) is 10.9. The van der Waals surface area contributed by atoms with Crippen molar-refractivity contribution in [3.8, 4) is 0 Å². The van der Waals surface area contributed by atoms with Crippen molar-refractivity contribution in [2.45, 2.75) is 26.2 Å². The molecule has 0 unspecified atom stereocenters. The molecule has 20 heavy (non-hydrogen) atoms. The van der Waals surface area contributed by atoms with Gasteiger partial charge in [0.2, 0.25) is 0 Å². The Labute approximate surface area is 132 Å². The molecule has 1 aromatic heterocycles.